The van der Waals surface area contributed by atoms with Gasteiger partial charge in [-0.15, -0.1) is 0 Å². The predicted molar refractivity (Wildman–Crippen MR) is 88.8 cm³/mol. The SMILES string of the molecule is N#Cc1c(Cl)nsc1NCCNC(=O)c1n[nH]c2ccccc12. The molecule has 0 atom stereocenters. The van der Waals surface area contributed by atoms with Crippen LogP contribution in [0.4, 0.5) is 5.00 Å². The number of aromatic amines is 1. The van der Waals surface area contributed by atoms with Gasteiger partial charge in [-0.1, -0.05) is 29.8 Å². The standard InChI is InChI=1S/C14H11ClN6OS/c15-12-9(7-16)14(23-21-12)18-6-5-17-13(22)11-8-3-1-2-4-10(8)19-20-11/h1-4,18H,5-6H2,(H,17,22)(H,19,20). The molecule has 3 N–H and O–H groups in total. The number of aromatic nitrogens is 3. The number of H-pyrrole nitrogens is 1. The molecule has 0 aliphatic rings. The Balaban J connectivity index is 1.57. The third-order valence-electron chi connectivity index (χ3n) is 3.14. The van der Waals surface area contributed by atoms with Crippen molar-refractivity contribution < 1.29 is 4.79 Å². The van der Waals surface area contributed by atoms with Crippen LogP contribution in [0.1, 0.15) is 16.1 Å². The number of nitriles is 1. The second-order valence-electron chi connectivity index (χ2n) is 4.59. The zero-order valence-corrected chi connectivity index (χ0v) is 13.3. The second-order valence-corrected chi connectivity index (χ2v) is 5.72. The van der Waals surface area contributed by atoms with Gasteiger partial charge in [0.2, 0.25) is 0 Å². The molecule has 0 spiro atoms. The van der Waals surface area contributed by atoms with E-state index >= 15 is 0 Å². The molecular formula is C14H11ClN6OS. The molecule has 3 aromatic rings. The monoisotopic (exact) mass is 346 g/mol. The summed E-state index contributed by atoms with van der Waals surface area (Å²) in [6, 6.07) is 9.41. The minimum atomic E-state index is -0.257. The summed E-state index contributed by atoms with van der Waals surface area (Å²) >= 11 is 6.90. The van der Waals surface area contributed by atoms with Crippen LogP contribution in [0, 0.1) is 11.3 Å². The molecule has 116 valence electrons. The van der Waals surface area contributed by atoms with Gasteiger partial charge in [-0.05, 0) is 17.6 Å². The number of benzene rings is 1. The molecule has 0 aliphatic carbocycles. The number of halogens is 1. The lowest BCUT2D eigenvalue weighted by Crippen LogP contribution is -2.29. The molecule has 0 fully saturated rings. The molecule has 1 amide bonds. The number of carbonyl (C=O) groups excluding carboxylic acids is 1. The van der Waals surface area contributed by atoms with Crippen LogP contribution < -0.4 is 10.6 Å². The zero-order valence-electron chi connectivity index (χ0n) is 11.8. The van der Waals surface area contributed by atoms with Gasteiger partial charge in [0.25, 0.3) is 5.91 Å². The molecule has 0 unspecified atom stereocenters. The van der Waals surface area contributed by atoms with E-state index in [9.17, 15) is 4.79 Å². The van der Waals surface area contributed by atoms with Crippen LogP contribution >= 0.6 is 23.1 Å². The van der Waals surface area contributed by atoms with Crippen molar-refractivity contribution in [1.82, 2.24) is 19.9 Å². The maximum atomic E-state index is 12.2. The van der Waals surface area contributed by atoms with E-state index in [1.54, 1.807) is 0 Å². The number of hydrogen-bond acceptors (Lipinski definition) is 6. The molecule has 3 rings (SSSR count). The smallest absolute Gasteiger partial charge is 0.272 e. The van der Waals surface area contributed by atoms with Gasteiger partial charge < -0.3 is 10.6 Å². The number of fused-ring (bicyclic) bond motifs is 1. The van der Waals surface area contributed by atoms with Crippen LogP contribution in [0.25, 0.3) is 10.9 Å². The Kier molecular flexibility index (Phi) is 4.41. The van der Waals surface area contributed by atoms with E-state index in [1.165, 1.54) is 0 Å². The first kappa shape index (κ1) is 15.3. The molecule has 0 saturated heterocycles. The predicted octanol–water partition coefficient (Wildman–Crippen LogP) is 2.39. The van der Waals surface area contributed by atoms with Gasteiger partial charge in [0.15, 0.2) is 10.8 Å². The van der Waals surface area contributed by atoms with Gasteiger partial charge in [0.1, 0.15) is 16.6 Å². The van der Waals surface area contributed by atoms with Crippen molar-refractivity contribution in [3.8, 4) is 6.07 Å². The minimum Gasteiger partial charge on any atom is -0.373 e. The number of anilines is 1. The summed E-state index contributed by atoms with van der Waals surface area (Å²) < 4.78 is 3.90. The zero-order chi connectivity index (χ0) is 16.2. The van der Waals surface area contributed by atoms with E-state index in [1.807, 2.05) is 30.3 Å². The molecular weight excluding hydrogens is 336 g/mol. The molecule has 0 bridgehead atoms. The van der Waals surface area contributed by atoms with Crippen molar-refractivity contribution >= 4 is 44.9 Å². The van der Waals surface area contributed by atoms with E-state index in [2.05, 4.69) is 25.2 Å². The molecule has 2 heterocycles. The maximum absolute atomic E-state index is 12.2. The number of carbonyl (C=O) groups is 1. The Morgan fingerprint density at radius 3 is 3.04 bits per heavy atom. The van der Waals surface area contributed by atoms with Crippen molar-refractivity contribution in [3.63, 3.8) is 0 Å². The molecule has 0 saturated carbocycles. The van der Waals surface area contributed by atoms with Crippen LogP contribution in [0.15, 0.2) is 24.3 Å². The van der Waals surface area contributed by atoms with Crippen molar-refractivity contribution in [1.29, 1.82) is 5.26 Å². The fourth-order valence-electron chi connectivity index (χ4n) is 2.06. The van der Waals surface area contributed by atoms with Gasteiger partial charge in [-0.25, -0.2) is 0 Å². The van der Waals surface area contributed by atoms with Gasteiger partial charge in [0.05, 0.1) is 5.52 Å². The number of nitrogens with zero attached hydrogens (tertiary/aromatic N) is 3. The summed E-state index contributed by atoms with van der Waals surface area (Å²) in [6.45, 7) is 0.821. The number of para-hydroxylation sites is 1. The lowest BCUT2D eigenvalue weighted by atomic mass is 10.2. The topological polar surface area (TPSA) is 106 Å². The maximum Gasteiger partial charge on any atom is 0.272 e. The van der Waals surface area contributed by atoms with Crippen LogP contribution in [0.3, 0.4) is 0 Å². The lowest BCUT2D eigenvalue weighted by Gasteiger charge is -2.05. The third kappa shape index (κ3) is 3.11. The van der Waals surface area contributed by atoms with Crippen molar-refractivity contribution in [2.45, 2.75) is 0 Å². The van der Waals surface area contributed by atoms with E-state index < -0.39 is 0 Å². The highest BCUT2D eigenvalue weighted by atomic mass is 35.5. The molecule has 7 nitrogen and oxygen atoms in total. The number of amides is 1. The average Bonchev–Trinajstić information content (AvgIpc) is 3.14. The Bertz CT molecular complexity index is 896. The second kappa shape index (κ2) is 6.64. The Morgan fingerprint density at radius 2 is 2.22 bits per heavy atom. The first-order valence-electron chi connectivity index (χ1n) is 6.71. The van der Waals surface area contributed by atoms with Crippen LogP contribution in [0.2, 0.25) is 5.15 Å². The average molecular weight is 347 g/mol. The molecule has 0 radical (unpaired) electrons. The summed E-state index contributed by atoms with van der Waals surface area (Å²) in [4.78, 5) is 12.2. The van der Waals surface area contributed by atoms with Gasteiger partial charge in [0, 0.05) is 18.5 Å². The number of nitrogens with one attached hydrogen (secondary N) is 3. The minimum absolute atomic E-state index is 0.187. The highest BCUT2D eigenvalue weighted by molar-refractivity contribution is 7.10. The molecule has 9 heteroatoms. The normalized spacial score (nSPS) is 10.4. The summed E-state index contributed by atoms with van der Waals surface area (Å²) in [7, 11) is 0. The molecule has 0 aliphatic heterocycles. The molecule has 1 aromatic carbocycles. The molecule has 2 aromatic heterocycles. The van der Waals surface area contributed by atoms with Gasteiger partial charge in [-0.2, -0.15) is 14.7 Å². The Hall–Kier alpha value is -2.63. The first-order valence-corrected chi connectivity index (χ1v) is 7.86. The van der Waals surface area contributed by atoms with Gasteiger partial charge in [-0.3, -0.25) is 9.89 Å². The first-order chi connectivity index (χ1) is 11.2. The van der Waals surface area contributed by atoms with Crippen molar-refractivity contribution in [3.05, 3.63) is 40.7 Å². The van der Waals surface area contributed by atoms with Crippen LogP contribution in [-0.4, -0.2) is 33.6 Å². The van der Waals surface area contributed by atoms with E-state index in [-0.39, 0.29) is 11.1 Å². The van der Waals surface area contributed by atoms with Crippen molar-refractivity contribution in [2.75, 3.05) is 18.4 Å². The quantitative estimate of drug-likeness (QED) is 0.615. The molecule has 23 heavy (non-hydrogen) atoms. The van der Waals surface area contributed by atoms with Gasteiger partial charge >= 0.3 is 0 Å². The van der Waals surface area contributed by atoms with Crippen LogP contribution in [0.5, 0.6) is 0 Å². The highest BCUT2D eigenvalue weighted by Gasteiger charge is 2.14. The summed E-state index contributed by atoms with van der Waals surface area (Å²) in [5, 5.41) is 23.2. The summed E-state index contributed by atoms with van der Waals surface area (Å²) in [5.41, 5.74) is 1.49. The fourth-order valence-corrected chi connectivity index (χ4v) is 3.02. The van der Waals surface area contributed by atoms with Crippen molar-refractivity contribution in [2.24, 2.45) is 0 Å². The Labute approximate surface area is 140 Å². The van der Waals surface area contributed by atoms with E-state index in [0.29, 0.717) is 29.3 Å². The third-order valence-corrected chi connectivity index (χ3v) is 4.32. The largest absolute Gasteiger partial charge is 0.373 e. The summed E-state index contributed by atoms with van der Waals surface area (Å²) in [5.74, 6) is -0.257. The Morgan fingerprint density at radius 1 is 1.39 bits per heavy atom. The fraction of sp³-hybridized carbons (Fsp3) is 0.143. The lowest BCUT2D eigenvalue weighted by molar-refractivity contribution is 0.0952. The highest BCUT2D eigenvalue weighted by Crippen LogP contribution is 2.27. The van der Waals surface area contributed by atoms with E-state index in [4.69, 9.17) is 16.9 Å². The summed E-state index contributed by atoms with van der Waals surface area (Å²) in [6.07, 6.45) is 0. The van der Waals surface area contributed by atoms with E-state index in [0.717, 1.165) is 22.4 Å². The van der Waals surface area contributed by atoms with Crippen LogP contribution in [-0.2, 0) is 0 Å². The number of rotatable bonds is 5. The number of hydrogen-bond donors (Lipinski definition) is 3.